The van der Waals surface area contributed by atoms with Crippen LogP contribution in [-0.2, 0) is 48.4 Å². The Labute approximate surface area is 291 Å². The van der Waals surface area contributed by atoms with Crippen molar-refractivity contribution >= 4 is 5.69 Å². The van der Waals surface area contributed by atoms with Gasteiger partial charge in [-0.15, -0.1) is 0 Å². The summed E-state index contributed by atoms with van der Waals surface area (Å²) in [5.41, 5.74) is -12.6. The van der Waals surface area contributed by atoms with Crippen molar-refractivity contribution < 1.29 is 82.2 Å². The second kappa shape index (κ2) is 15.5. The zero-order valence-corrected chi connectivity index (χ0v) is 28.8. The van der Waals surface area contributed by atoms with Gasteiger partial charge >= 0.3 is 213 Å². The summed E-state index contributed by atoms with van der Waals surface area (Å²) in [4.78, 5) is 0. The normalized spacial score (nSPS) is 14.3. The van der Waals surface area contributed by atoms with Crippen LogP contribution < -0.4 is 0 Å². The van der Waals surface area contributed by atoms with E-state index in [1.165, 1.54) is 43.9 Å². The monoisotopic (exact) mass is 813 g/mol. The van der Waals surface area contributed by atoms with Gasteiger partial charge in [-0.05, 0) is 12.0 Å². The minimum atomic E-state index is -6.11. The van der Waals surface area contributed by atoms with Crippen molar-refractivity contribution in [3.8, 4) is 0 Å². The molecule has 276 valence electrons. The molecule has 0 aliphatic carbocycles. The molecule has 3 nitrogen and oxygen atoms in total. The average Bonchev–Trinajstić information content (AvgIpc) is 3.00. The fourth-order valence-corrected chi connectivity index (χ4v) is 6.44. The molecule has 0 aromatic heterocycles. The Bertz CT molecular complexity index is 1590. The van der Waals surface area contributed by atoms with E-state index in [9.17, 15) is 57.8 Å². The van der Waals surface area contributed by atoms with E-state index in [2.05, 4.69) is 3.50 Å². The molecular formula is C34H33F12MoNO2. The van der Waals surface area contributed by atoms with Crippen LogP contribution in [0.1, 0.15) is 85.4 Å². The first kappa shape index (κ1) is 41.6. The molecule has 0 fully saturated rings. The van der Waals surface area contributed by atoms with E-state index in [1.54, 1.807) is 19.9 Å². The SMILES string of the molecule is CC(C)c1cccc(C(C)OC(c2ccccc2CCCCCc2ccccc2C(O)(C(F)(F)F)C(F)(F)F)(C(F)(F)F)C(F)(F)F)c1[N]=[Mo]. The predicted molar refractivity (Wildman–Crippen MR) is 156 cm³/mol. The second-order valence-electron chi connectivity index (χ2n) is 12.0. The number of halogens is 12. The van der Waals surface area contributed by atoms with Gasteiger partial charge in [0.2, 0.25) is 0 Å². The molecule has 0 aliphatic rings. The number of aryl methyl sites for hydroxylation is 2. The fourth-order valence-electron chi connectivity index (χ4n) is 5.92. The minimum absolute atomic E-state index is 0.00886. The van der Waals surface area contributed by atoms with Crippen molar-refractivity contribution in [1.29, 1.82) is 0 Å². The summed E-state index contributed by atoms with van der Waals surface area (Å²) in [7, 11) is 0. The number of aliphatic hydroxyl groups is 1. The van der Waals surface area contributed by atoms with Crippen LogP contribution >= 0.6 is 0 Å². The van der Waals surface area contributed by atoms with Crippen LogP contribution in [0.3, 0.4) is 0 Å². The van der Waals surface area contributed by atoms with E-state index in [1.807, 2.05) is 0 Å². The van der Waals surface area contributed by atoms with Gasteiger partial charge in [0.1, 0.15) is 0 Å². The number of unbranched alkanes of at least 4 members (excludes halogenated alkanes) is 2. The zero-order valence-electron chi connectivity index (χ0n) is 26.8. The van der Waals surface area contributed by atoms with E-state index < -0.39 is 65.1 Å². The third kappa shape index (κ3) is 8.14. The number of benzene rings is 3. The molecule has 0 heterocycles. The average molecular weight is 812 g/mol. The van der Waals surface area contributed by atoms with Crippen LogP contribution in [0.2, 0.25) is 0 Å². The van der Waals surface area contributed by atoms with Gasteiger partial charge in [-0.2, -0.15) is 26.3 Å². The van der Waals surface area contributed by atoms with Crippen molar-refractivity contribution in [2.45, 2.75) is 101 Å². The Kier molecular flexibility index (Phi) is 12.9. The topological polar surface area (TPSA) is 41.8 Å². The zero-order chi connectivity index (χ0) is 37.9. The van der Waals surface area contributed by atoms with Crippen molar-refractivity contribution in [3.05, 3.63) is 100 Å². The van der Waals surface area contributed by atoms with E-state index in [0.29, 0.717) is 17.7 Å². The summed E-state index contributed by atoms with van der Waals surface area (Å²) in [6.45, 7) is 4.65. The first-order valence-electron chi connectivity index (χ1n) is 15.3. The number of nitrogens with zero attached hydrogens (tertiary/aromatic N) is 1. The molecule has 16 heteroatoms. The van der Waals surface area contributed by atoms with E-state index >= 15 is 0 Å². The van der Waals surface area contributed by atoms with Gasteiger partial charge in [-0.3, -0.25) is 0 Å². The van der Waals surface area contributed by atoms with E-state index in [-0.39, 0.29) is 48.4 Å². The van der Waals surface area contributed by atoms with Crippen LogP contribution in [0.15, 0.2) is 70.2 Å². The van der Waals surface area contributed by atoms with Crippen LogP contribution in [-0.4, -0.2) is 29.8 Å². The third-order valence-corrected chi connectivity index (χ3v) is 8.87. The fraction of sp³-hybridized carbons (Fsp3) is 0.471. The number of ether oxygens (including phenoxy) is 1. The Morgan fingerprint density at radius 1 is 0.600 bits per heavy atom. The van der Waals surface area contributed by atoms with Crippen LogP contribution in [0.5, 0.6) is 0 Å². The molecule has 0 bridgehead atoms. The summed E-state index contributed by atoms with van der Waals surface area (Å²) < 4.78 is 180. The molecule has 50 heavy (non-hydrogen) atoms. The standard InChI is InChI=1S/C34H33F12NO2.Mo/c1-20(2)24-16-11-17-25(28(24)47)21(3)49-30(33(41,42)43,34(44,45)46)27-19-10-8-15-23(27)13-6-4-5-12-22-14-7-9-18-26(22)29(48,31(35,36)37)32(38,39)40;/h7-11,14-21,48H,4-6,12-13H2,1-3H3;. The molecule has 1 N–H and O–H groups in total. The van der Waals surface area contributed by atoms with Gasteiger partial charge in [0.15, 0.2) is 0 Å². The van der Waals surface area contributed by atoms with E-state index in [4.69, 9.17) is 4.74 Å². The van der Waals surface area contributed by atoms with Crippen molar-refractivity contribution in [2.24, 2.45) is 3.50 Å². The van der Waals surface area contributed by atoms with Gasteiger partial charge in [-0.1, -0.05) is 24.3 Å². The molecule has 1 atom stereocenters. The molecule has 0 radical (unpaired) electrons. The van der Waals surface area contributed by atoms with Crippen LogP contribution in [0.25, 0.3) is 0 Å². The molecule has 3 aromatic rings. The van der Waals surface area contributed by atoms with Crippen molar-refractivity contribution in [1.82, 2.24) is 0 Å². The molecule has 0 spiro atoms. The molecule has 3 rings (SSSR count). The summed E-state index contributed by atoms with van der Waals surface area (Å²) >= 11 is 1.28. The second-order valence-corrected chi connectivity index (χ2v) is 12.5. The molecule has 0 saturated carbocycles. The molecule has 0 amide bonds. The van der Waals surface area contributed by atoms with Crippen molar-refractivity contribution in [3.63, 3.8) is 0 Å². The number of alkyl halides is 12. The third-order valence-electron chi connectivity index (χ3n) is 8.42. The van der Waals surface area contributed by atoms with Gasteiger partial charge in [-0.25, -0.2) is 0 Å². The van der Waals surface area contributed by atoms with Crippen LogP contribution in [0, 0.1) is 0 Å². The summed E-state index contributed by atoms with van der Waals surface area (Å²) in [5.74, 6) is -0.160. The summed E-state index contributed by atoms with van der Waals surface area (Å²) in [6.07, 6.45) is -26.9. The Morgan fingerprint density at radius 2 is 1.04 bits per heavy atom. The first-order chi connectivity index (χ1) is 23.0. The number of rotatable bonds is 13. The Balaban J connectivity index is 1.94. The van der Waals surface area contributed by atoms with Gasteiger partial charge in [0, 0.05) is 5.56 Å². The number of hydrogen-bond donors (Lipinski definition) is 1. The number of hydrogen-bond acceptors (Lipinski definition) is 3. The van der Waals surface area contributed by atoms with Crippen molar-refractivity contribution in [2.75, 3.05) is 0 Å². The molecule has 1 unspecified atom stereocenters. The molecule has 0 saturated heterocycles. The predicted octanol–water partition coefficient (Wildman–Crippen LogP) is 11.5. The Morgan fingerprint density at radius 3 is 1.48 bits per heavy atom. The van der Waals surface area contributed by atoms with Crippen LogP contribution in [0.4, 0.5) is 58.4 Å². The van der Waals surface area contributed by atoms with E-state index in [0.717, 1.165) is 31.2 Å². The summed E-state index contributed by atoms with van der Waals surface area (Å²) in [5, 5.41) is 9.88. The first-order valence-corrected chi connectivity index (χ1v) is 16.2. The van der Waals surface area contributed by atoms with Gasteiger partial charge in [0.05, 0.1) is 0 Å². The maximum absolute atomic E-state index is 14.9. The molecular weight excluding hydrogens is 778 g/mol. The Hall–Kier alpha value is -2.77. The van der Waals surface area contributed by atoms with Gasteiger partial charge in [0.25, 0.3) is 5.60 Å². The molecule has 0 aliphatic heterocycles. The molecule has 3 aromatic carbocycles. The summed E-state index contributed by atoms with van der Waals surface area (Å²) in [6, 6.07) is 12.0. The van der Waals surface area contributed by atoms with Gasteiger partial charge < -0.3 is 5.11 Å². The quantitative estimate of drug-likeness (QED) is 0.106. The maximum atomic E-state index is 14.9.